The zero-order valence-electron chi connectivity index (χ0n) is 6.50. The van der Waals surface area contributed by atoms with Crippen LogP contribution in [0, 0.1) is 5.92 Å². The molecule has 1 unspecified atom stereocenters. The largest absolute Gasteiger partial charge is 0.395 e. The van der Waals surface area contributed by atoms with E-state index in [1.807, 2.05) is 0 Å². The molecule has 0 amide bonds. The van der Waals surface area contributed by atoms with Crippen LogP contribution in [0.1, 0.15) is 20.3 Å². The molecule has 0 fully saturated rings. The number of hydrogen-bond donors (Lipinski definition) is 1. The summed E-state index contributed by atoms with van der Waals surface area (Å²) >= 11 is 0. The van der Waals surface area contributed by atoms with Crippen molar-refractivity contribution in [2.24, 2.45) is 16.8 Å². The molecular weight excluding hydrogens is 128 g/mol. The first-order valence-corrected chi connectivity index (χ1v) is 3.66. The molecule has 3 nitrogen and oxygen atoms in total. The van der Waals surface area contributed by atoms with Gasteiger partial charge in [0.1, 0.15) is 6.61 Å². The van der Waals surface area contributed by atoms with E-state index in [2.05, 4.69) is 19.0 Å². The van der Waals surface area contributed by atoms with Crippen molar-refractivity contribution >= 4 is 5.71 Å². The standard InChI is InChI=1S/C7H14N2O/c1-5(2)7(8)6-3-4-10-9-6/h5,7H,3-4,8H2,1-2H3. The van der Waals surface area contributed by atoms with Crippen molar-refractivity contribution in [1.29, 1.82) is 0 Å². The highest BCUT2D eigenvalue weighted by molar-refractivity contribution is 5.90. The van der Waals surface area contributed by atoms with E-state index in [0.717, 1.165) is 12.1 Å². The van der Waals surface area contributed by atoms with Gasteiger partial charge in [0.25, 0.3) is 0 Å². The molecule has 0 saturated carbocycles. The second-order valence-corrected chi connectivity index (χ2v) is 2.94. The Hall–Kier alpha value is -0.570. The Labute approximate surface area is 61.2 Å². The molecule has 1 aliphatic rings. The maximum atomic E-state index is 5.81. The van der Waals surface area contributed by atoms with E-state index in [1.165, 1.54) is 0 Å². The molecule has 0 radical (unpaired) electrons. The van der Waals surface area contributed by atoms with E-state index >= 15 is 0 Å². The van der Waals surface area contributed by atoms with Gasteiger partial charge in [0.15, 0.2) is 0 Å². The fraction of sp³-hybridized carbons (Fsp3) is 0.857. The summed E-state index contributed by atoms with van der Waals surface area (Å²) in [5.74, 6) is 0.459. The second-order valence-electron chi connectivity index (χ2n) is 2.94. The van der Waals surface area contributed by atoms with Crippen LogP contribution < -0.4 is 5.73 Å². The Balaban J connectivity index is 2.47. The summed E-state index contributed by atoms with van der Waals surface area (Å²) in [5.41, 5.74) is 6.82. The highest BCUT2D eigenvalue weighted by atomic mass is 16.6. The lowest BCUT2D eigenvalue weighted by atomic mass is 9.99. The van der Waals surface area contributed by atoms with Crippen molar-refractivity contribution in [3.63, 3.8) is 0 Å². The Morgan fingerprint density at radius 2 is 2.30 bits per heavy atom. The van der Waals surface area contributed by atoms with E-state index in [9.17, 15) is 0 Å². The van der Waals surface area contributed by atoms with Gasteiger partial charge in [-0.2, -0.15) is 0 Å². The van der Waals surface area contributed by atoms with Crippen molar-refractivity contribution in [2.75, 3.05) is 6.61 Å². The minimum Gasteiger partial charge on any atom is -0.395 e. The molecule has 1 atom stereocenters. The lowest BCUT2D eigenvalue weighted by Crippen LogP contribution is -2.34. The van der Waals surface area contributed by atoms with Crippen LogP contribution in [0.2, 0.25) is 0 Å². The van der Waals surface area contributed by atoms with Gasteiger partial charge < -0.3 is 10.6 Å². The van der Waals surface area contributed by atoms with Crippen molar-refractivity contribution < 1.29 is 4.84 Å². The predicted octanol–water partition coefficient (Wildman–Crippen LogP) is 0.746. The topological polar surface area (TPSA) is 47.6 Å². The molecule has 0 aromatic rings. The summed E-state index contributed by atoms with van der Waals surface area (Å²) in [6.45, 7) is 4.88. The molecule has 3 heteroatoms. The molecule has 1 heterocycles. The summed E-state index contributed by atoms with van der Waals surface area (Å²) in [6, 6.07) is 0.0856. The Morgan fingerprint density at radius 3 is 2.70 bits per heavy atom. The molecule has 10 heavy (non-hydrogen) atoms. The predicted molar refractivity (Wildman–Crippen MR) is 40.8 cm³/mol. The van der Waals surface area contributed by atoms with Crippen LogP contribution in [0.4, 0.5) is 0 Å². The zero-order chi connectivity index (χ0) is 7.56. The van der Waals surface area contributed by atoms with Gasteiger partial charge in [-0.25, -0.2) is 0 Å². The third-order valence-electron chi connectivity index (χ3n) is 1.73. The van der Waals surface area contributed by atoms with E-state index in [1.54, 1.807) is 0 Å². The molecule has 0 saturated heterocycles. The smallest absolute Gasteiger partial charge is 0.122 e. The lowest BCUT2D eigenvalue weighted by molar-refractivity contribution is 0.173. The maximum absolute atomic E-state index is 5.81. The molecule has 2 N–H and O–H groups in total. The van der Waals surface area contributed by atoms with Crippen LogP contribution >= 0.6 is 0 Å². The van der Waals surface area contributed by atoms with Gasteiger partial charge in [-0.1, -0.05) is 19.0 Å². The minimum atomic E-state index is 0.0856. The number of rotatable bonds is 2. The molecule has 1 aliphatic heterocycles. The monoisotopic (exact) mass is 142 g/mol. The fourth-order valence-electron chi connectivity index (χ4n) is 0.937. The van der Waals surface area contributed by atoms with Crippen LogP contribution in [0.5, 0.6) is 0 Å². The molecule has 58 valence electrons. The number of hydrogen-bond acceptors (Lipinski definition) is 3. The van der Waals surface area contributed by atoms with Gasteiger partial charge in [-0.15, -0.1) is 0 Å². The summed E-state index contributed by atoms with van der Waals surface area (Å²) in [7, 11) is 0. The molecule has 0 spiro atoms. The van der Waals surface area contributed by atoms with E-state index in [-0.39, 0.29) is 6.04 Å². The van der Waals surface area contributed by atoms with E-state index in [4.69, 9.17) is 10.6 Å². The van der Waals surface area contributed by atoms with E-state index < -0.39 is 0 Å². The molecular formula is C7H14N2O. The highest BCUT2D eigenvalue weighted by Gasteiger charge is 2.18. The van der Waals surface area contributed by atoms with Crippen molar-refractivity contribution in [3.05, 3.63) is 0 Å². The van der Waals surface area contributed by atoms with Crippen molar-refractivity contribution in [2.45, 2.75) is 26.3 Å². The Morgan fingerprint density at radius 1 is 1.60 bits per heavy atom. The lowest BCUT2D eigenvalue weighted by Gasteiger charge is -2.12. The first kappa shape index (κ1) is 7.54. The second kappa shape index (κ2) is 3.01. The molecule has 1 rings (SSSR count). The van der Waals surface area contributed by atoms with Crippen LogP contribution in [0.3, 0.4) is 0 Å². The molecule has 0 bridgehead atoms. The maximum Gasteiger partial charge on any atom is 0.122 e. The SMILES string of the molecule is CC(C)C(N)C1=NOCC1. The number of oxime groups is 1. The average Bonchev–Trinajstić information content (AvgIpc) is 2.36. The van der Waals surface area contributed by atoms with Crippen LogP contribution in [0.15, 0.2) is 5.16 Å². The quantitative estimate of drug-likeness (QED) is 0.618. The summed E-state index contributed by atoms with van der Waals surface area (Å²) < 4.78 is 0. The van der Waals surface area contributed by atoms with Crippen LogP contribution in [-0.2, 0) is 4.84 Å². The van der Waals surface area contributed by atoms with Crippen LogP contribution in [0.25, 0.3) is 0 Å². The summed E-state index contributed by atoms with van der Waals surface area (Å²) in [5, 5.41) is 3.85. The average molecular weight is 142 g/mol. The Bertz CT molecular complexity index is 143. The number of nitrogens with zero attached hydrogens (tertiary/aromatic N) is 1. The van der Waals surface area contributed by atoms with Gasteiger partial charge in [0.2, 0.25) is 0 Å². The van der Waals surface area contributed by atoms with Crippen molar-refractivity contribution in [3.8, 4) is 0 Å². The van der Waals surface area contributed by atoms with Gasteiger partial charge in [-0.05, 0) is 5.92 Å². The molecule has 0 aromatic heterocycles. The fourth-order valence-corrected chi connectivity index (χ4v) is 0.937. The third kappa shape index (κ3) is 1.48. The van der Waals surface area contributed by atoms with Gasteiger partial charge >= 0.3 is 0 Å². The van der Waals surface area contributed by atoms with E-state index in [0.29, 0.717) is 12.5 Å². The normalized spacial score (nSPS) is 20.6. The first-order chi connectivity index (χ1) is 4.72. The molecule has 0 aromatic carbocycles. The third-order valence-corrected chi connectivity index (χ3v) is 1.73. The summed E-state index contributed by atoms with van der Waals surface area (Å²) in [6.07, 6.45) is 0.902. The van der Waals surface area contributed by atoms with Gasteiger partial charge in [-0.3, -0.25) is 0 Å². The zero-order valence-corrected chi connectivity index (χ0v) is 6.50. The minimum absolute atomic E-state index is 0.0856. The van der Waals surface area contributed by atoms with Crippen LogP contribution in [-0.4, -0.2) is 18.4 Å². The first-order valence-electron chi connectivity index (χ1n) is 3.66. The Kier molecular flexibility index (Phi) is 2.27. The molecule has 0 aliphatic carbocycles. The number of nitrogens with two attached hydrogens (primary N) is 1. The van der Waals surface area contributed by atoms with Crippen molar-refractivity contribution in [1.82, 2.24) is 0 Å². The summed E-state index contributed by atoms with van der Waals surface area (Å²) in [4.78, 5) is 4.84. The van der Waals surface area contributed by atoms with Gasteiger partial charge in [0, 0.05) is 12.5 Å². The highest BCUT2D eigenvalue weighted by Crippen LogP contribution is 2.08. The van der Waals surface area contributed by atoms with Gasteiger partial charge in [0.05, 0.1) is 5.71 Å².